The second-order valence-electron chi connectivity index (χ2n) is 8.54. The first-order chi connectivity index (χ1) is 14.9. The van der Waals surface area contributed by atoms with Gasteiger partial charge >= 0.3 is 0 Å². The number of aryl methyl sites for hydroxylation is 1. The van der Waals surface area contributed by atoms with Crippen molar-refractivity contribution >= 4 is 39.1 Å². The third kappa shape index (κ3) is 3.78. The van der Waals surface area contributed by atoms with E-state index in [9.17, 15) is 9.59 Å². The average Bonchev–Trinajstić information content (AvgIpc) is 3.27. The van der Waals surface area contributed by atoms with E-state index in [-0.39, 0.29) is 30.4 Å². The number of aromatic nitrogens is 1. The molecule has 0 spiro atoms. The lowest BCUT2D eigenvalue weighted by molar-refractivity contribution is -0.127. The Morgan fingerprint density at radius 1 is 1.03 bits per heavy atom. The van der Waals surface area contributed by atoms with Gasteiger partial charge in [0.2, 0.25) is 5.91 Å². The van der Waals surface area contributed by atoms with E-state index in [1.165, 1.54) is 10.5 Å². The van der Waals surface area contributed by atoms with E-state index >= 15 is 0 Å². The molecule has 3 heterocycles. The summed E-state index contributed by atoms with van der Waals surface area (Å²) < 4.78 is 6.93. The predicted octanol–water partition coefficient (Wildman–Crippen LogP) is 4.01. The fourth-order valence-corrected chi connectivity index (χ4v) is 5.62. The van der Waals surface area contributed by atoms with Crippen molar-refractivity contribution in [2.45, 2.75) is 45.4 Å². The molecule has 1 aromatic heterocycles. The third-order valence-corrected chi connectivity index (χ3v) is 7.00. The van der Waals surface area contributed by atoms with E-state index in [2.05, 4.69) is 24.0 Å². The number of carbonyl (C=O) groups is 2. The highest BCUT2D eigenvalue weighted by Crippen LogP contribution is 2.33. The minimum atomic E-state index is -0.409. The SMILES string of the molecule is Cc1ccc2nc(-c3ccc(N4C(=O)C[C@H](N5C[C@@H](C)O[C@@H](C)C5)C4=O)cc3)sc2c1. The number of imide groups is 1. The van der Waals surface area contributed by atoms with Gasteiger partial charge < -0.3 is 4.74 Å². The summed E-state index contributed by atoms with van der Waals surface area (Å²) in [5.74, 6) is -0.292. The number of hydrogen-bond acceptors (Lipinski definition) is 6. The monoisotopic (exact) mass is 435 g/mol. The Kier molecular flexibility index (Phi) is 5.12. The van der Waals surface area contributed by atoms with E-state index in [4.69, 9.17) is 9.72 Å². The Morgan fingerprint density at radius 3 is 2.45 bits per heavy atom. The van der Waals surface area contributed by atoms with Crippen LogP contribution >= 0.6 is 11.3 Å². The molecule has 6 nitrogen and oxygen atoms in total. The Hall–Kier alpha value is -2.61. The maximum absolute atomic E-state index is 13.1. The molecule has 160 valence electrons. The van der Waals surface area contributed by atoms with Crippen molar-refractivity contribution in [3.05, 3.63) is 48.0 Å². The van der Waals surface area contributed by atoms with Crippen LogP contribution in [0.4, 0.5) is 5.69 Å². The van der Waals surface area contributed by atoms with Crippen molar-refractivity contribution in [3.63, 3.8) is 0 Å². The van der Waals surface area contributed by atoms with Gasteiger partial charge in [0, 0.05) is 18.7 Å². The third-order valence-electron chi connectivity index (χ3n) is 5.93. The quantitative estimate of drug-likeness (QED) is 0.582. The van der Waals surface area contributed by atoms with Crippen LogP contribution in [0.2, 0.25) is 0 Å². The maximum atomic E-state index is 13.1. The van der Waals surface area contributed by atoms with Gasteiger partial charge in [-0.3, -0.25) is 14.5 Å². The van der Waals surface area contributed by atoms with Crippen LogP contribution in [0.25, 0.3) is 20.8 Å². The fraction of sp³-hybridized carbons (Fsp3) is 0.375. The minimum absolute atomic E-state index is 0.0533. The number of anilines is 1. The summed E-state index contributed by atoms with van der Waals surface area (Å²) in [5, 5.41) is 0.931. The number of rotatable bonds is 3. The molecule has 5 rings (SSSR count). The number of carbonyl (C=O) groups excluding carboxylic acids is 2. The molecule has 3 atom stereocenters. The van der Waals surface area contributed by atoms with Crippen molar-refractivity contribution in [2.75, 3.05) is 18.0 Å². The van der Waals surface area contributed by atoms with Crippen molar-refractivity contribution in [1.82, 2.24) is 9.88 Å². The highest BCUT2D eigenvalue weighted by Gasteiger charge is 2.44. The van der Waals surface area contributed by atoms with E-state index in [1.54, 1.807) is 11.3 Å². The van der Waals surface area contributed by atoms with Gasteiger partial charge in [0.25, 0.3) is 5.91 Å². The van der Waals surface area contributed by atoms with Gasteiger partial charge in [-0.15, -0.1) is 11.3 Å². The summed E-state index contributed by atoms with van der Waals surface area (Å²) in [6.07, 6.45) is 0.326. The highest BCUT2D eigenvalue weighted by atomic mass is 32.1. The van der Waals surface area contributed by atoms with Gasteiger partial charge in [0.05, 0.1) is 40.6 Å². The minimum Gasteiger partial charge on any atom is -0.373 e. The normalized spacial score (nSPS) is 25.0. The number of fused-ring (bicyclic) bond motifs is 1. The first-order valence-electron chi connectivity index (χ1n) is 10.6. The summed E-state index contributed by atoms with van der Waals surface area (Å²) in [5.41, 5.74) is 3.79. The summed E-state index contributed by atoms with van der Waals surface area (Å²) in [4.78, 5) is 34.0. The average molecular weight is 436 g/mol. The molecule has 3 aromatic rings. The van der Waals surface area contributed by atoms with Gasteiger partial charge in [-0.2, -0.15) is 0 Å². The second kappa shape index (κ2) is 7.82. The van der Waals surface area contributed by atoms with Crippen molar-refractivity contribution in [3.8, 4) is 10.6 Å². The maximum Gasteiger partial charge on any atom is 0.251 e. The van der Waals surface area contributed by atoms with Crippen LogP contribution in [0.15, 0.2) is 42.5 Å². The molecular weight excluding hydrogens is 410 g/mol. The fourth-order valence-electron chi connectivity index (χ4n) is 4.55. The largest absolute Gasteiger partial charge is 0.373 e. The molecule has 0 aliphatic carbocycles. The summed E-state index contributed by atoms with van der Waals surface area (Å²) in [6.45, 7) is 7.41. The predicted molar refractivity (Wildman–Crippen MR) is 122 cm³/mol. The van der Waals surface area contributed by atoms with Gasteiger partial charge in [0.1, 0.15) is 5.01 Å². The zero-order valence-corrected chi connectivity index (χ0v) is 18.7. The first-order valence-corrected chi connectivity index (χ1v) is 11.4. The molecule has 0 radical (unpaired) electrons. The van der Waals surface area contributed by atoms with Crippen LogP contribution in [0.5, 0.6) is 0 Å². The zero-order valence-electron chi connectivity index (χ0n) is 17.9. The molecule has 31 heavy (non-hydrogen) atoms. The molecular formula is C24H25N3O3S. The molecule has 2 fully saturated rings. The van der Waals surface area contributed by atoms with E-state index in [1.807, 2.05) is 44.2 Å². The van der Waals surface area contributed by atoms with Gasteiger partial charge in [0.15, 0.2) is 0 Å². The number of nitrogens with zero attached hydrogens (tertiary/aromatic N) is 3. The topological polar surface area (TPSA) is 62.7 Å². The zero-order chi connectivity index (χ0) is 21.7. The van der Waals surface area contributed by atoms with Crippen LogP contribution in [0, 0.1) is 6.92 Å². The molecule has 2 aliphatic heterocycles. The molecule has 0 N–H and O–H groups in total. The van der Waals surface area contributed by atoms with Gasteiger partial charge in [-0.05, 0) is 62.7 Å². The molecule has 0 unspecified atom stereocenters. The second-order valence-corrected chi connectivity index (χ2v) is 9.57. The van der Waals surface area contributed by atoms with Gasteiger partial charge in [-0.25, -0.2) is 9.88 Å². The number of thiazole rings is 1. The standard InChI is InChI=1S/C24H25N3O3S/c1-14-4-9-19-21(10-14)31-23(25-19)17-5-7-18(8-6-17)27-22(28)11-20(24(27)29)26-12-15(2)30-16(3)13-26/h4-10,15-16,20H,11-13H2,1-3H3/t15-,16+,20-/m0/s1. The lowest BCUT2D eigenvalue weighted by Gasteiger charge is -2.37. The van der Waals surface area contributed by atoms with Crippen LogP contribution in [0.3, 0.4) is 0 Å². The Balaban J connectivity index is 1.37. The number of ether oxygens (including phenoxy) is 1. The first kappa shape index (κ1) is 20.3. The molecule has 0 saturated carbocycles. The van der Waals surface area contributed by atoms with Crippen LogP contribution in [-0.2, 0) is 14.3 Å². The molecule has 2 aliphatic rings. The van der Waals surface area contributed by atoms with Crippen molar-refractivity contribution in [2.24, 2.45) is 0 Å². The summed E-state index contributed by atoms with van der Waals surface area (Å²) >= 11 is 1.65. The molecule has 7 heteroatoms. The lowest BCUT2D eigenvalue weighted by Crippen LogP contribution is -2.52. The van der Waals surface area contributed by atoms with Crippen molar-refractivity contribution in [1.29, 1.82) is 0 Å². The Morgan fingerprint density at radius 2 is 1.74 bits per heavy atom. The molecule has 2 aromatic carbocycles. The van der Waals surface area contributed by atoms with E-state index in [0.29, 0.717) is 18.8 Å². The Labute approximate surface area is 185 Å². The van der Waals surface area contributed by atoms with Crippen molar-refractivity contribution < 1.29 is 14.3 Å². The molecule has 0 bridgehead atoms. The number of benzene rings is 2. The number of amides is 2. The van der Waals surface area contributed by atoms with E-state index in [0.717, 1.165) is 20.8 Å². The number of hydrogen-bond donors (Lipinski definition) is 0. The smallest absolute Gasteiger partial charge is 0.251 e. The summed E-state index contributed by atoms with van der Waals surface area (Å²) in [7, 11) is 0. The van der Waals surface area contributed by atoms with Crippen LogP contribution in [-0.4, -0.2) is 53.0 Å². The Bertz CT molecular complexity index is 1150. The number of morpholine rings is 1. The molecule has 2 saturated heterocycles. The van der Waals surface area contributed by atoms with Crippen LogP contribution < -0.4 is 4.90 Å². The lowest BCUT2D eigenvalue weighted by atomic mass is 10.1. The highest BCUT2D eigenvalue weighted by molar-refractivity contribution is 7.21. The van der Waals surface area contributed by atoms with Gasteiger partial charge in [-0.1, -0.05) is 6.07 Å². The molecule has 2 amide bonds. The van der Waals surface area contributed by atoms with Crippen LogP contribution in [0.1, 0.15) is 25.8 Å². The summed E-state index contributed by atoms with van der Waals surface area (Å²) in [6, 6.07) is 13.4. The van der Waals surface area contributed by atoms with E-state index < -0.39 is 6.04 Å².